The SMILES string of the molecule is CN(C)C(=O)C1(Cc2ccccc2)CCN(S(=O)(=O)c2ccc3occc3c2)CC1. The quantitative estimate of drug-likeness (QED) is 0.626. The van der Waals surface area contributed by atoms with Crippen molar-refractivity contribution in [1.82, 2.24) is 9.21 Å². The second kappa shape index (κ2) is 7.89. The van der Waals surface area contributed by atoms with Gasteiger partial charge in [0.2, 0.25) is 15.9 Å². The molecule has 1 aliphatic heterocycles. The first-order chi connectivity index (χ1) is 14.3. The highest BCUT2D eigenvalue weighted by Gasteiger charge is 2.44. The van der Waals surface area contributed by atoms with Crippen molar-refractivity contribution in [1.29, 1.82) is 0 Å². The molecule has 0 saturated carbocycles. The van der Waals surface area contributed by atoms with E-state index in [4.69, 9.17) is 4.42 Å². The minimum Gasteiger partial charge on any atom is -0.464 e. The summed E-state index contributed by atoms with van der Waals surface area (Å²) in [6.07, 6.45) is 3.14. The van der Waals surface area contributed by atoms with E-state index in [1.54, 1.807) is 49.5 Å². The number of rotatable bonds is 5. The van der Waals surface area contributed by atoms with E-state index in [2.05, 4.69) is 0 Å². The molecule has 1 aromatic heterocycles. The van der Waals surface area contributed by atoms with Crippen molar-refractivity contribution in [3.8, 4) is 0 Å². The predicted molar refractivity (Wildman–Crippen MR) is 115 cm³/mol. The molecule has 30 heavy (non-hydrogen) atoms. The van der Waals surface area contributed by atoms with Gasteiger partial charge >= 0.3 is 0 Å². The maximum atomic E-state index is 13.2. The number of carbonyl (C=O) groups is 1. The molecule has 0 atom stereocenters. The van der Waals surface area contributed by atoms with Crippen molar-refractivity contribution in [3.63, 3.8) is 0 Å². The fourth-order valence-corrected chi connectivity index (χ4v) is 5.81. The average molecular weight is 427 g/mol. The molecule has 2 aromatic carbocycles. The van der Waals surface area contributed by atoms with Crippen LogP contribution in [0.4, 0.5) is 0 Å². The van der Waals surface area contributed by atoms with Gasteiger partial charge in [-0.25, -0.2) is 8.42 Å². The standard InChI is InChI=1S/C23H26N2O4S/c1-24(2)22(26)23(17-18-6-4-3-5-7-18)11-13-25(14-12-23)30(27,28)20-8-9-21-19(16-20)10-15-29-21/h3-10,15-16H,11-14,17H2,1-2H3. The van der Waals surface area contributed by atoms with Gasteiger partial charge in [-0.2, -0.15) is 4.31 Å². The first-order valence-electron chi connectivity index (χ1n) is 10.0. The smallest absolute Gasteiger partial charge is 0.243 e. The molecule has 0 bridgehead atoms. The Morgan fingerprint density at radius 1 is 1.07 bits per heavy atom. The zero-order chi connectivity index (χ0) is 21.4. The van der Waals surface area contributed by atoms with Gasteiger partial charge in [0.05, 0.1) is 16.6 Å². The number of amides is 1. The Hall–Kier alpha value is -2.64. The fraction of sp³-hybridized carbons (Fsp3) is 0.348. The largest absolute Gasteiger partial charge is 0.464 e. The molecule has 1 amide bonds. The van der Waals surface area contributed by atoms with Crippen LogP contribution in [0, 0.1) is 5.41 Å². The number of carbonyl (C=O) groups excluding carboxylic acids is 1. The number of piperidine rings is 1. The van der Waals surface area contributed by atoms with Crippen LogP contribution >= 0.6 is 0 Å². The summed E-state index contributed by atoms with van der Waals surface area (Å²) in [5, 5.41) is 0.759. The molecule has 4 rings (SSSR count). The van der Waals surface area contributed by atoms with Crippen LogP contribution < -0.4 is 0 Å². The number of nitrogens with zero attached hydrogens (tertiary/aromatic N) is 2. The van der Waals surface area contributed by atoms with Gasteiger partial charge in [0, 0.05) is 32.6 Å². The maximum absolute atomic E-state index is 13.2. The van der Waals surface area contributed by atoms with E-state index in [9.17, 15) is 13.2 Å². The molecule has 0 radical (unpaired) electrons. The van der Waals surface area contributed by atoms with Crippen LogP contribution in [0.5, 0.6) is 0 Å². The highest BCUT2D eigenvalue weighted by Crippen LogP contribution is 2.38. The van der Waals surface area contributed by atoms with Gasteiger partial charge in [-0.15, -0.1) is 0 Å². The zero-order valence-electron chi connectivity index (χ0n) is 17.2. The summed E-state index contributed by atoms with van der Waals surface area (Å²) in [7, 11) is -0.109. The first kappa shape index (κ1) is 20.6. The lowest BCUT2D eigenvalue weighted by Crippen LogP contribution is -2.50. The molecule has 6 nitrogen and oxygen atoms in total. The van der Waals surface area contributed by atoms with Gasteiger partial charge in [-0.1, -0.05) is 30.3 Å². The summed E-state index contributed by atoms with van der Waals surface area (Å²) >= 11 is 0. The molecule has 1 aliphatic rings. The van der Waals surface area contributed by atoms with Crippen molar-refractivity contribution >= 4 is 26.9 Å². The van der Waals surface area contributed by atoms with Crippen LogP contribution in [0.25, 0.3) is 11.0 Å². The average Bonchev–Trinajstić information content (AvgIpc) is 3.22. The highest BCUT2D eigenvalue weighted by molar-refractivity contribution is 7.89. The monoisotopic (exact) mass is 426 g/mol. The van der Waals surface area contributed by atoms with Crippen molar-refractivity contribution < 1.29 is 17.6 Å². The third-order valence-electron chi connectivity index (χ3n) is 5.99. The van der Waals surface area contributed by atoms with E-state index < -0.39 is 15.4 Å². The van der Waals surface area contributed by atoms with Crippen molar-refractivity contribution in [2.24, 2.45) is 5.41 Å². The van der Waals surface area contributed by atoms with Gasteiger partial charge < -0.3 is 9.32 Å². The molecule has 0 N–H and O–H groups in total. The topological polar surface area (TPSA) is 70.8 Å². The zero-order valence-corrected chi connectivity index (χ0v) is 18.1. The number of fused-ring (bicyclic) bond motifs is 1. The second-order valence-corrected chi connectivity index (χ2v) is 10.1. The third-order valence-corrected chi connectivity index (χ3v) is 7.88. The molecule has 3 aromatic rings. The summed E-state index contributed by atoms with van der Waals surface area (Å²) in [4.78, 5) is 15.0. The van der Waals surface area contributed by atoms with Crippen LogP contribution in [-0.2, 0) is 21.2 Å². The summed E-state index contributed by atoms with van der Waals surface area (Å²) in [6.45, 7) is 0.635. The van der Waals surface area contributed by atoms with Gasteiger partial charge in [0.25, 0.3) is 0 Å². The van der Waals surface area contributed by atoms with E-state index in [1.165, 1.54) is 4.31 Å². The van der Waals surface area contributed by atoms with Crippen LogP contribution in [-0.4, -0.2) is 50.7 Å². The van der Waals surface area contributed by atoms with Crippen molar-refractivity contribution in [3.05, 3.63) is 66.4 Å². The Morgan fingerprint density at radius 3 is 2.43 bits per heavy atom. The minimum atomic E-state index is -3.63. The Labute approximate surface area is 177 Å². The van der Waals surface area contributed by atoms with Crippen molar-refractivity contribution in [2.75, 3.05) is 27.2 Å². The van der Waals surface area contributed by atoms with E-state index in [-0.39, 0.29) is 10.8 Å². The third kappa shape index (κ3) is 3.75. The van der Waals surface area contributed by atoms with Gasteiger partial charge in [0.15, 0.2) is 0 Å². The van der Waals surface area contributed by atoms with Gasteiger partial charge in [0.1, 0.15) is 5.58 Å². The van der Waals surface area contributed by atoms with Crippen molar-refractivity contribution in [2.45, 2.75) is 24.2 Å². The molecular weight excluding hydrogens is 400 g/mol. The van der Waals surface area contributed by atoms with E-state index in [0.29, 0.717) is 37.9 Å². The number of sulfonamides is 1. The Morgan fingerprint density at radius 2 is 1.77 bits per heavy atom. The summed E-state index contributed by atoms with van der Waals surface area (Å²) in [6, 6.07) is 16.6. The Kier molecular flexibility index (Phi) is 5.42. The molecule has 0 spiro atoms. The molecule has 1 saturated heterocycles. The summed E-state index contributed by atoms with van der Waals surface area (Å²) in [5.74, 6) is 0.0585. The van der Waals surface area contributed by atoms with E-state index in [1.807, 2.05) is 30.3 Å². The molecular formula is C23H26N2O4S. The highest BCUT2D eigenvalue weighted by atomic mass is 32.2. The maximum Gasteiger partial charge on any atom is 0.243 e. The van der Waals surface area contributed by atoms with Crippen LogP contribution in [0.2, 0.25) is 0 Å². The van der Waals surface area contributed by atoms with Gasteiger partial charge in [-0.05, 0) is 49.1 Å². The summed E-state index contributed by atoms with van der Waals surface area (Å²) in [5.41, 5.74) is 1.16. The lowest BCUT2D eigenvalue weighted by Gasteiger charge is -2.41. The Bertz CT molecular complexity index is 1140. The molecule has 0 aliphatic carbocycles. The van der Waals surface area contributed by atoms with Gasteiger partial charge in [-0.3, -0.25) is 4.79 Å². The predicted octanol–water partition coefficient (Wildman–Crippen LogP) is 3.53. The molecule has 2 heterocycles. The van der Waals surface area contributed by atoms with E-state index in [0.717, 1.165) is 10.9 Å². The summed E-state index contributed by atoms with van der Waals surface area (Å²) < 4.78 is 33.3. The second-order valence-electron chi connectivity index (χ2n) is 8.17. The lowest BCUT2D eigenvalue weighted by atomic mass is 9.73. The van der Waals surface area contributed by atoms with Crippen LogP contribution in [0.15, 0.2) is 70.2 Å². The fourth-order valence-electron chi connectivity index (χ4n) is 4.34. The number of benzene rings is 2. The minimum absolute atomic E-state index is 0.0585. The Balaban J connectivity index is 1.58. The first-order valence-corrected chi connectivity index (χ1v) is 11.5. The van der Waals surface area contributed by atoms with Crippen LogP contribution in [0.1, 0.15) is 18.4 Å². The van der Waals surface area contributed by atoms with Crippen LogP contribution in [0.3, 0.4) is 0 Å². The molecule has 0 unspecified atom stereocenters. The molecule has 158 valence electrons. The molecule has 1 fully saturated rings. The lowest BCUT2D eigenvalue weighted by molar-refractivity contribution is -0.141. The van der Waals surface area contributed by atoms with E-state index >= 15 is 0 Å². The normalized spacial score (nSPS) is 17.1. The number of hydrogen-bond acceptors (Lipinski definition) is 4. The number of furan rings is 1. The molecule has 7 heteroatoms. The number of hydrogen-bond donors (Lipinski definition) is 0.